The largest absolute Gasteiger partial charge is 0.283 e. The summed E-state index contributed by atoms with van der Waals surface area (Å²) in [5.41, 5.74) is 0. The summed E-state index contributed by atoms with van der Waals surface area (Å²) in [6, 6.07) is 41.5. The number of thioether (sulfide) groups is 1. The molecule has 0 aliphatic rings. The van der Waals surface area contributed by atoms with Gasteiger partial charge in [0.1, 0.15) is 29.3 Å². The maximum atomic E-state index is 13.3. The number of carbonyl (C=O) groups excluding carboxylic acids is 1. The van der Waals surface area contributed by atoms with Crippen molar-refractivity contribution in [3.63, 3.8) is 0 Å². The van der Waals surface area contributed by atoms with Crippen LogP contribution in [0.4, 0.5) is 0 Å². The molecule has 0 saturated carbocycles. The average Bonchev–Trinajstić information content (AvgIpc) is 2.80. The number of hydrogen-bond acceptors (Lipinski definition) is 2. The smallest absolute Gasteiger partial charge is 0.231 e. The Balaban J connectivity index is 1.85. The van der Waals surface area contributed by atoms with Gasteiger partial charge >= 0.3 is 0 Å². The van der Waals surface area contributed by atoms with Gasteiger partial charge in [0.25, 0.3) is 0 Å². The van der Waals surface area contributed by atoms with E-state index in [9.17, 15) is 4.79 Å². The lowest BCUT2D eigenvalue weighted by molar-refractivity contribution is -0.108. The first-order valence-electron chi connectivity index (χ1n) is 9.60. The summed E-state index contributed by atoms with van der Waals surface area (Å²) in [6.45, 7) is 0. The molecule has 3 heteroatoms. The molecule has 1 nitrogen and oxygen atoms in total. The van der Waals surface area contributed by atoms with Gasteiger partial charge in [0.05, 0.1) is 0 Å². The Morgan fingerprint density at radius 3 is 1.28 bits per heavy atom. The molecule has 0 atom stereocenters. The van der Waals surface area contributed by atoms with Gasteiger partial charge in [-0.2, -0.15) is 0 Å². The molecule has 0 N–H and O–H groups in total. The Bertz CT molecular complexity index is 954. The first kappa shape index (κ1) is 19.6. The number of hydrogen-bond donors (Lipinski definition) is 0. The van der Waals surface area contributed by atoms with Crippen molar-refractivity contribution in [2.75, 3.05) is 6.16 Å². The molecule has 0 fully saturated rings. The van der Waals surface area contributed by atoms with Crippen LogP contribution < -0.4 is 15.9 Å². The predicted octanol–water partition coefficient (Wildman–Crippen LogP) is 5.30. The Morgan fingerprint density at radius 2 is 0.897 bits per heavy atom. The topological polar surface area (TPSA) is 17.1 Å². The molecule has 0 bridgehead atoms. The summed E-state index contributed by atoms with van der Waals surface area (Å²) in [4.78, 5) is 14.3. The Morgan fingerprint density at radius 1 is 0.552 bits per heavy atom. The highest BCUT2D eigenvalue weighted by Crippen LogP contribution is 2.56. The van der Waals surface area contributed by atoms with Crippen LogP contribution in [0.25, 0.3) is 0 Å². The molecule has 4 aromatic carbocycles. The van der Waals surface area contributed by atoms with E-state index in [1.54, 1.807) is 0 Å². The van der Waals surface area contributed by atoms with E-state index in [0.717, 1.165) is 4.90 Å². The van der Waals surface area contributed by atoms with E-state index in [1.807, 2.05) is 48.5 Å². The fourth-order valence-electron chi connectivity index (χ4n) is 3.61. The number of rotatable bonds is 6. The zero-order chi connectivity index (χ0) is 19.9. The van der Waals surface area contributed by atoms with E-state index in [0.29, 0.717) is 6.16 Å². The van der Waals surface area contributed by atoms with Crippen LogP contribution in [0.1, 0.15) is 0 Å². The molecule has 4 rings (SSSR count). The second kappa shape index (κ2) is 9.22. The van der Waals surface area contributed by atoms with Crippen LogP contribution >= 0.6 is 19.0 Å². The zero-order valence-corrected chi connectivity index (χ0v) is 17.7. The molecule has 4 aromatic rings. The van der Waals surface area contributed by atoms with Crippen molar-refractivity contribution >= 4 is 40.1 Å². The van der Waals surface area contributed by atoms with Crippen molar-refractivity contribution in [2.24, 2.45) is 0 Å². The standard InChI is InChI=1S/C26H22OPS/c27-26(29-25-19-11-4-12-20-25)21-28(22-13-5-1-6-14-22,23-15-7-2-8-16-23)24-17-9-3-10-18-24/h1-20H,21H2/q+1. The van der Waals surface area contributed by atoms with E-state index in [4.69, 9.17) is 0 Å². The fourth-order valence-corrected chi connectivity index (χ4v) is 8.88. The van der Waals surface area contributed by atoms with Crippen LogP contribution in [0.5, 0.6) is 0 Å². The van der Waals surface area contributed by atoms with Gasteiger partial charge in [-0.3, -0.25) is 4.79 Å². The fraction of sp³-hybridized carbons (Fsp3) is 0.0385. The van der Waals surface area contributed by atoms with Crippen molar-refractivity contribution in [2.45, 2.75) is 4.90 Å². The molecule has 0 heterocycles. The minimum Gasteiger partial charge on any atom is -0.283 e. The van der Waals surface area contributed by atoms with Crippen LogP contribution in [0.2, 0.25) is 0 Å². The lowest BCUT2D eigenvalue weighted by Crippen LogP contribution is -2.35. The molecule has 0 aliphatic carbocycles. The number of carbonyl (C=O) groups is 1. The van der Waals surface area contributed by atoms with Crippen molar-refractivity contribution in [3.05, 3.63) is 121 Å². The van der Waals surface area contributed by atoms with Crippen molar-refractivity contribution < 1.29 is 4.79 Å². The minimum absolute atomic E-state index is 0.195. The van der Waals surface area contributed by atoms with Gasteiger partial charge in [-0.1, -0.05) is 72.8 Å². The van der Waals surface area contributed by atoms with Gasteiger partial charge in [0, 0.05) is 4.90 Å². The molecule has 142 valence electrons. The third-order valence-corrected chi connectivity index (χ3v) is 10.3. The molecular formula is C26H22OPS+. The van der Waals surface area contributed by atoms with E-state index in [1.165, 1.54) is 27.7 Å². The Hall–Kier alpha value is -2.67. The van der Waals surface area contributed by atoms with E-state index in [-0.39, 0.29) is 5.12 Å². The lowest BCUT2D eigenvalue weighted by Gasteiger charge is -2.26. The van der Waals surface area contributed by atoms with Crippen molar-refractivity contribution in [1.82, 2.24) is 0 Å². The second-order valence-corrected chi connectivity index (χ2v) is 11.4. The van der Waals surface area contributed by atoms with Crippen LogP contribution in [0.15, 0.2) is 126 Å². The van der Waals surface area contributed by atoms with Crippen molar-refractivity contribution in [3.8, 4) is 0 Å². The molecule has 0 radical (unpaired) electrons. The van der Waals surface area contributed by atoms with Crippen LogP contribution in [0.3, 0.4) is 0 Å². The average molecular weight is 414 g/mol. The summed E-state index contributed by atoms with van der Waals surface area (Å²) in [5.74, 6) is 0. The first-order chi connectivity index (χ1) is 14.3. The van der Waals surface area contributed by atoms with Gasteiger partial charge in [-0.15, -0.1) is 0 Å². The summed E-state index contributed by atoms with van der Waals surface area (Å²) in [7, 11) is -2.12. The maximum Gasteiger partial charge on any atom is 0.231 e. The number of benzene rings is 4. The van der Waals surface area contributed by atoms with Crippen LogP contribution in [0, 0.1) is 0 Å². The highest BCUT2D eigenvalue weighted by molar-refractivity contribution is 8.15. The molecule has 0 aromatic heterocycles. The van der Waals surface area contributed by atoms with Gasteiger partial charge in [0.15, 0.2) is 0 Å². The van der Waals surface area contributed by atoms with Crippen LogP contribution in [-0.2, 0) is 4.79 Å². The highest BCUT2D eigenvalue weighted by Gasteiger charge is 2.47. The Kier molecular flexibility index (Phi) is 6.24. The second-order valence-electron chi connectivity index (χ2n) is 6.76. The Labute approximate surface area is 177 Å². The van der Waals surface area contributed by atoms with E-state index >= 15 is 0 Å². The molecular weight excluding hydrogens is 391 g/mol. The van der Waals surface area contributed by atoms with E-state index < -0.39 is 7.26 Å². The predicted molar refractivity (Wildman–Crippen MR) is 127 cm³/mol. The summed E-state index contributed by atoms with van der Waals surface area (Å²) in [6.07, 6.45) is 0.491. The zero-order valence-electron chi connectivity index (χ0n) is 16.0. The van der Waals surface area contributed by atoms with E-state index in [2.05, 4.69) is 72.8 Å². The quantitative estimate of drug-likeness (QED) is 0.315. The first-order valence-corrected chi connectivity index (χ1v) is 12.4. The molecule has 0 spiro atoms. The molecule has 0 unspecified atom stereocenters. The third kappa shape index (κ3) is 4.34. The van der Waals surface area contributed by atoms with Crippen molar-refractivity contribution in [1.29, 1.82) is 0 Å². The monoisotopic (exact) mass is 413 g/mol. The van der Waals surface area contributed by atoms with Gasteiger partial charge in [-0.25, -0.2) is 0 Å². The molecule has 0 amide bonds. The normalized spacial score (nSPS) is 11.2. The lowest BCUT2D eigenvalue weighted by atomic mass is 10.4. The SMILES string of the molecule is O=C(C[P+](c1ccccc1)(c1ccccc1)c1ccccc1)Sc1ccccc1. The van der Waals surface area contributed by atoms with Gasteiger partial charge in [0.2, 0.25) is 5.12 Å². The third-order valence-electron chi connectivity index (χ3n) is 4.93. The molecule has 0 saturated heterocycles. The summed E-state index contributed by atoms with van der Waals surface area (Å²) >= 11 is 1.34. The minimum atomic E-state index is -2.12. The summed E-state index contributed by atoms with van der Waals surface area (Å²) in [5, 5.41) is 3.90. The highest BCUT2D eigenvalue weighted by atomic mass is 32.2. The van der Waals surface area contributed by atoms with Gasteiger partial charge < -0.3 is 0 Å². The van der Waals surface area contributed by atoms with Gasteiger partial charge in [-0.05, 0) is 60.3 Å². The molecule has 29 heavy (non-hydrogen) atoms. The maximum absolute atomic E-state index is 13.3. The molecule has 0 aliphatic heterocycles. The van der Waals surface area contributed by atoms with Crippen LogP contribution in [-0.4, -0.2) is 11.3 Å². The summed E-state index contributed by atoms with van der Waals surface area (Å²) < 4.78 is 0.